The third-order valence-electron chi connectivity index (χ3n) is 6.19. The maximum atomic E-state index is 13.2. The van der Waals surface area contributed by atoms with E-state index in [9.17, 15) is 4.79 Å². The van der Waals surface area contributed by atoms with Crippen molar-refractivity contribution in [3.63, 3.8) is 0 Å². The number of carbonyl (C=O) groups excluding carboxylic acids is 1. The van der Waals surface area contributed by atoms with Crippen molar-refractivity contribution in [3.8, 4) is 0 Å². The van der Waals surface area contributed by atoms with E-state index in [-0.39, 0.29) is 23.8 Å². The normalized spacial score (nSPS) is 19.2. The molecule has 31 heavy (non-hydrogen) atoms. The van der Waals surface area contributed by atoms with Crippen molar-refractivity contribution in [3.05, 3.63) is 59.5 Å². The fourth-order valence-corrected chi connectivity index (χ4v) is 4.22. The van der Waals surface area contributed by atoms with Gasteiger partial charge in [0, 0.05) is 18.5 Å². The Morgan fingerprint density at radius 2 is 2.03 bits per heavy atom. The van der Waals surface area contributed by atoms with Gasteiger partial charge in [0.15, 0.2) is 11.8 Å². The van der Waals surface area contributed by atoms with Crippen LogP contribution in [-0.2, 0) is 4.79 Å². The van der Waals surface area contributed by atoms with E-state index in [2.05, 4.69) is 59.5 Å². The number of nitrogens with one attached hydrogen (secondary N) is 2. The highest BCUT2D eigenvalue weighted by Crippen LogP contribution is 2.25. The Kier molecular flexibility index (Phi) is 5.93. The maximum Gasteiger partial charge on any atom is 0.251 e. The molecule has 2 aliphatic heterocycles. The minimum Gasteiger partial charge on any atom is -0.370 e. The largest absolute Gasteiger partial charge is 0.370 e. The molecule has 4 rings (SSSR count). The molecule has 2 aliphatic rings. The molecule has 7 heteroatoms. The zero-order valence-electron chi connectivity index (χ0n) is 18.2. The van der Waals surface area contributed by atoms with Crippen LogP contribution in [0.2, 0.25) is 0 Å². The van der Waals surface area contributed by atoms with Crippen LogP contribution in [-0.4, -0.2) is 41.6 Å². The smallest absolute Gasteiger partial charge is 0.251 e. The summed E-state index contributed by atoms with van der Waals surface area (Å²) in [6, 6.07) is 14.5. The lowest BCUT2D eigenvalue weighted by Crippen LogP contribution is -2.76. The zero-order chi connectivity index (χ0) is 22.0. The quantitative estimate of drug-likeness (QED) is 0.302. The topological polar surface area (TPSA) is 111 Å². The van der Waals surface area contributed by atoms with E-state index in [1.807, 2.05) is 17.0 Å². The second-order valence-corrected chi connectivity index (χ2v) is 8.33. The molecular weight excluding hydrogens is 388 g/mol. The molecule has 0 spiro atoms. The van der Waals surface area contributed by atoms with Crippen LogP contribution in [0.15, 0.2) is 59.0 Å². The number of fused-ring (bicyclic) bond motifs is 2. The van der Waals surface area contributed by atoms with Crippen molar-refractivity contribution in [1.82, 2.24) is 10.2 Å². The summed E-state index contributed by atoms with van der Waals surface area (Å²) in [5.74, 6) is 1.40. The average Bonchev–Trinajstić information content (AvgIpc) is 3.12. The van der Waals surface area contributed by atoms with Gasteiger partial charge in [-0.05, 0) is 35.2 Å². The number of aliphatic imine (C=N–C) groups is 1. The van der Waals surface area contributed by atoms with Gasteiger partial charge in [0.2, 0.25) is 11.4 Å². The molecule has 1 saturated heterocycles. The molecule has 0 aliphatic carbocycles. The molecule has 0 aromatic heterocycles. The molecule has 0 radical (unpaired) electrons. The van der Waals surface area contributed by atoms with Crippen molar-refractivity contribution in [2.45, 2.75) is 39.2 Å². The van der Waals surface area contributed by atoms with Crippen LogP contribution in [0.3, 0.4) is 0 Å². The van der Waals surface area contributed by atoms with Crippen molar-refractivity contribution >= 4 is 28.4 Å². The summed E-state index contributed by atoms with van der Waals surface area (Å²) in [5.41, 5.74) is 14.1. The second-order valence-electron chi connectivity index (χ2n) is 8.33. The van der Waals surface area contributed by atoms with Crippen molar-refractivity contribution in [2.75, 3.05) is 13.1 Å². The van der Waals surface area contributed by atoms with Gasteiger partial charge < -0.3 is 16.8 Å². The number of rotatable bonds is 7. The summed E-state index contributed by atoms with van der Waals surface area (Å²) in [4.78, 5) is 22.8. The standard InChI is InChI=1S/C24H30N6O/c1-3-15(2)21-23(31)30-14-20(18-11-10-16-7-4-5-8-17(16)13-18)28-19(22(30)29-21)9-6-12-27-24(25)26/h4-5,7-8,10-11,13,15,21,29H,3,6,9,12,14H2,1-2H3,(H4,25,26,27)/p+1. The summed E-state index contributed by atoms with van der Waals surface area (Å²) < 4.78 is 0. The molecule has 0 bridgehead atoms. The van der Waals surface area contributed by atoms with Gasteiger partial charge in [-0.25, -0.2) is 4.99 Å². The molecule has 1 amide bonds. The Labute approximate surface area is 182 Å². The summed E-state index contributed by atoms with van der Waals surface area (Å²) in [7, 11) is 0. The first kappa shape index (κ1) is 20.9. The van der Waals surface area contributed by atoms with Gasteiger partial charge in [-0.1, -0.05) is 50.6 Å². The fourth-order valence-electron chi connectivity index (χ4n) is 4.22. The first-order valence-corrected chi connectivity index (χ1v) is 11.0. The third kappa shape index (κ3) is 4.26. The number of nitrogens with zero attached hydrogens (tertiary/aromatic N) is 2. The van der Waals surface area contributed by atoms with Gasteiger partial charge in [0.25, 0.3) is 5.91 Å². The van der Waals surface area contributed by atoms with E-state index >= 15 is 0 Å². The average molecular weight is 420 g/mol. The number of amides is 1. The SMILES string of the molecule is CCC(C)C1NC2=C(CCCN=C(N)N)[NH+]=C(c3ccc4ccccc4c3)CN2C1=O. The Bertz CT molecular complexity index is 1080. The highest BCUT2D eigenvalue weighted by Gasteiger charge is 2.44. The monoisotopic (exact) mass is 419 g/mol. The molecule has 2 unspecified atom stereocenters. The highest BCUT2D eigenvalue weighted by molar-refractivity contribution is 6.04. The van der Waals surface area contributed by atoms with E-state index in [0.29, 0.717) is 13.1 Å². The Morgan fingerprint density at radius 1 is 1.26 bits per heavy atom. The molecule has 2 atom stereocenters. The number of nitrogens with two attached hydrogens (primary N) is 2. The molecule has 2 aromatic rings. The van der Waals surface area contributed by atoms with E-state index < -0.39 is 0 Å². The van der Waals surface area contributed by atoms with Gasteiger partial charge >= 0.3 is 0 Å². The second kappa shape index (κ2) is 8.79. The highest BCUT2D eigenvalue weighted by atomic mass is 16.2. The minimum atomic E-state index is -0.189. The van der Waals surface area contributed by atoms with Gasteiger partial charge in [-0.15, -0.1) is 0 Å². The molecule has 162 valence electrons. The zero-order valence-corrected chi connectivity index (χ0v) is 18.2. The lowest BCUT2D eigenvalue weighted by molar-refractivity contribution is -0.407. The third-order valence-corrected chi connectivity index (χ3v) is 6.19. The van der Waals surface area contributed by atoms with Gasteiger partial charge in [0.05, 0.1) is 0 Å². The molecule has 2 aromatic carbocycles. The van der Waals surface area contributed by atoms with Crippen LogP contribution >= 0.6 is 0 Å². The predicted octanol–water partition coefficient (Wildman–Crippen LogP) is 0.792. The van der Waals surface area contributed by atoms with Crippen LogP contribution in [0.1, 0.15) is 38.7 Å². The van der Waals surface area contributed by atoms with Crippen molar-refractivity contribution in [1.29, 1.82) is 0 Å². The van der Waals surface area contributed by atoms with E-state index in [4.69, 9.17) is 11.5 Å². The summed E-state index contributed by atoms with van der Waals surface area (Å²) in [6.07, 6.45) is 2.47. The minimum absolute atomic E-state index is 0.102. The number of benzene rings is 2. The van der Waals surface area contributed by atoms with E-state index in [1.54, 1.807) is 0 Å². The lowest BCUT2D eigenvalue weighted by atomic mass is 9.99. The predicted molar refractivity (Wildman–Crippen MR) is 124 cm³/mol. The number of hydrogen-bond acceptors (Lipinski definition) is 3. The number of hydrogen-bond donors (Lipinski definition) is 4. The van der Waals surface area contributed by atoms with E-state index in [1.165, 1.54) is 10.8 Å². The van der Waals surface area contributed by atoms with Crippen LogP contribution < -0.4 is 21.8 Å². The first-order valence-electron chi connectivity index (χ1n) is 11.0. The lowest BCUT2D eigenvalue weighted by Gasteiger charge is -2.21. The van der Waals surface area contributed by atoms with E-state index in [0.717, 1.165) is 42.1 Å². The molecule has 2 heterocycles. The maximum absolute atomic E-state index is 13.2. The van der Waals surface area contributed by atoms with Crippen LogP contribution in [0.5, 0.6) is 0 Å². The molecule has 7 nitrogen and oxygen atoms in total. The Balaban J connectivity index is 1.67. The van der Waals surface area contributed by atoms with Crippen LogP contribution in [0, 0.1) is 5.92 Å². The molecular formula is C24H31N6O+. The number of allylic oxidation sites excluding steroid dienone is 1. The Hall–Kier alpha value is -3.35. The Morgan fingerprint density at radius 3 is 2.77 bits per heavy atom. The van der Waals surface area contributed by atoms with Crippen molar-refractivity contribution in [2.24, 2.45) is 22.4 Å². The number of guanidine groups is 1. The molecule has 0 saturated carbocycles. The summed E-state index contributed by atoms with van der Waals surface area (Å²) >= 11 is 0. The number of carbonyl (C=O) groups is 1. The fraction of sp³-hybridized carbons (Fsp3) is 0.375. The van der Waals surface area contributed by atoms with Crippen LogP contribution in [0.25, 0.3) is 10.8 Å². The van der Waals surface area contributed by atoms with Gasteiger partial charge in [-0.2, -0.15) is 0 Å². The summed E-state index contributed by atoms with van der Waals surface area (Å²) in [5, 5.41) is 5.87. The van der Waals surface area contributed by atoms with Gasteiger partial charge in [-0.3, -0.25) is 14.7 Å². The van der Waals surface area contributed by atoms with Gasteiger partial charge in [0.1, 0.15) is 12.6 Å². The molecule has 1 fully saturated rings. The first-order chi connectivity index (χ1) is 15.0. The van der Waals surface area contributed by atoms with Crippen molar-refractivity contribution < 1.29 is 9.79 Å². The molecule has 6 N–H and O–H groups in total. The summed E-state index contributed by atoms with van der Waals surface area (Å²) in [6.45, 7) is 5.32. The van der Waals surface area contributed by atoms with Crippen LogP contribution in [0.4, 0.5) is 0 Å².